The molecule has 1 aromatic carbocycles. The molecule has 0 amide bonds. The fourth-order valence-electron chi connectivity index (χ4n) is 2.37. The van der Waals surface area contributed by atoms with Crippen molar-refractivity contribution in [1.82, 2.24) is 4.90 Å². The molecule has 1 rings (SSSR count). The maximum absolute atomic E-state index is 13.6. The molecule has 0 aliphatic rings. The summed E-state index contributed by atoms with van der Waals surface area (Å²) in [5.74, 6) is 0.604. The van der Waals surface area contributed by atoms with Crippen molar-refractivity contribution in [2.24, 2.45) is 11.8 Å². The maximum atomic E-state index is 13.6. The van der Waals surface area contributed by atoms with Gasteiger partial charge in [-0.2, -0.15) is 0 Å². The van der Waals surface area contributed by atoms with E-state index in [0.29, 0.717) is 24.8 Å². The van der Waals surface area contributed by atoms with Crippen molar-refractivity contribution in [2.75, 3.05) is 19.6 Å². The third kappa shape index (κ3) is 5.83. The van der Waals surface area contributed by atoms with Crippen molar-refractivity contribution >= 4 is 5.78 Å². The molecule has 1 aromatic rings. The van der Waals surface area contributed by atoms with Gasteiger partial charge in [0, 0.05) is 26.1 Å². The van der Waals surface area contributed by atoms with Crippen LogP contribution in [0.3, 0.4) is 0 Å². The van der Waals surface area contributed by atoms with Crippen LogP contribution in [-0.4, -0.2) is 30.3 Å². The fraction of sp³-hybridized carbons (Fsp3) is 0.588. The lowest BCUT2D eigenvalue weighted by Crippen LogP contribution is -2.33. The second-order valence-electron chi connectivity index (χ2n) is 6.20. The number of nitrogens with zero attached hydrogens (tertiary/aromatic N) is 1. The van der Waals surface area contributed by atoms with Gasteiger partial charge in [0.05, 0.1) is 5.56 Å². The highest BCUT2D eigenvalue weighted by Gasteiger charge is 2.14. The molecule has 0 unspecified atom stereocenters. The number of hydrogen-bond acceptors (Lipinski definition) is 2. The van der Waals surface area contributed by atoms with Crippen LogP contribution in [0.15, 0.2) is 24.3 Å². The van der Waals surface area contributed by atoms with Gasteiger partial charge in [0.2, 0.25) is 0 Å². The van der Waals surface area contributed by atoms with E-state index in [4.69, 9.17) is 0 Å². The van der Waals surface area contributed by atoms with Crippen molar-refractivity contribution in [2.45, 2.75) is 34.1 Å². The van der Waals surface area contributed by atoms with Gasteiger partial charge in [0.15, 0.2) is 5.78 Å². The Bertz CT molecular complexity index is 419. The minimum atomic E-state index is -0.420. The Morgan fingerprint density at radius 3 is 2.15 bits per heavy atom. The van der Waals surface area contributed by atoms with Crippen molar-refractivity contribution < 1.29 is 9.18 Å². The molecule has 20 heavy (non-hydrogen) atoms. The molecule has 0 aliphatic heterocycles. The molecule has 0 fully saturated rings. The van der Waals surface area contributed by atoms with Crippen molar-refractivity contribution in [3.63, 3.8) is 0 Å². The summed E-state index contributed by atoms with van der Waals surface area (Å²) in [6.45, 7) is 11.3. The minimum absolute atomic E-state index is 0.111. The van der Waals surface area contributed by atoms with Gasteiger partial charge in [-0.3, -0.25) is 4.79 Å². The Labute approximate surface area is 122 Å². The largest absolute Gasteiger partial charge is 0.302 e. The summed E-state index contributed by atoms with van der Waals surface area (Å²) < 4.78 is 13.6. The lowest BCUT2D eigenvalue weighted by molar-refractivity contribution is 0.0952. The maximum Gasteiger partial charge on any atom is 0.167 e. The van der Waals surface area contributed by atoms with Gasteiger partial charge in [-0.25, -0.2) is 4.39 Å². The Kier molecular flexibility index (Phi) is 6.86. The zero-order chi connectivity index (χ0) is 15.1. The van der Waals surface area contributed by atoms with Crippen LogP contribution in [0, 0.1) is 17.7 Å². The van der Waals surface area contributed by atoms with Crippen molar-refractivity contribution in [3.8, 4) is 0 Å². The summed E-state index contributed by atoms with van der Waals surface area (Å²) in [6.07, 6.45) is 0.375. The van der Waals surface area contributed by atoms with E-state index in [9.17, 15) is 9.18 Å². The number of benzene rings is 1. The normalized spacial score (nSPS) is 11.6. The summed E-state index contributed by atoms with van der Waals surface area (Å²) in [5.41, 5.74) is 0.210. The topological polar surface area (TPSA) is 20.3 Å². The predicted molar refractivity (Wildman–Crippen MR) is 81.5 cm³/mol. The van der Waals surface area contributed by atoms with Gasteiger partial charge in [-0.15, -0.1) is 0 Å². The van der Waals surface area contributed by atoms with Gasteiger partial charge in [-0.05, 0) is 24.0 Å². The van der Waals surface area contributed by atoms with Gasteiger partial charge in [-0.1, -0.05) is 39.8 Å². The van der Waals surface area contributed by atoms with E-state index in [2.05, 4.69) is 32.6 Å². The Hall–Kier alpha value is -1.22. The van der Waals surface area contributed by atoms with Gasteiger partial charge >= 0.3 is 0 Å². The van der Waals surface area contributed by atoms with Crippen molar-refractivity contribution in [3.05, 3.63) is 35.6 Å². The highest BCUT2D eigenvalue weighted by Crippen LogP contribution is 2.11. The summed E-state index contributed by atoms with van der Waals surface area (Å²) in [7, 11) is 0. The van der Waals surface area contributed by atoms with E-state index < -0.39 is 5.82 Å². The molecule has 0 heterocycles. The monoisotopic (exact) mass is 279 g/mol. The van der Waals surface area contributed by atoms with E-state index in [0.717, 1.165) is 13.1 Å². The first-order valence-corrected chi connectivity index (χ1v) is 7.40. The highest BCUT2D eigenvalue weighted by molar-refractivity contribution is 5.96. The standard InChI is InChI=1S/C17H26FNO/c1-13(2)11-19(12-14(3)4)10-9-17(20)15-7-5-6-8-16(15)18/h5-8,13-14H,9-12H2,1-4H3. The third-order valence-electron chi connectivity index (χ3n) is 3.08. The smallest absolute Gasteiger partial charge is 0.167 e. The third-order valence-corrected chi connectivity index (χ3v) is 3.08. The summed E-state index contributed by atoms with van der Waals surface area (Å²) in [5, 5.41) is 0. The second kappa shape index (κ2) is 8.15. The van der Waals surface area contributed by atoms with Crippen LogP contribution in [0.1, 0.15) is 44.5 Å². The zero-order valence-corrected chi connectivity index (χ0v) is 13.0. The molecule has 3 heteroatoms. The van der Waals surface area contributed by atoms with Crippen LogP contribution in [-0.2, 0) is 0 Å². The molecule has 0 aliphatic carbocycles. The number of carbonyl (C=O) groups excluding carboxylic acids is 1. The Morgan fingerprint density at radius 2 is 1.65 bits per heavy atom. The first kappa shape index (κ1) is 16.8. The summed E-state index contributed by atoms with van der Waals surface area (Å²) in [4.78, 5) is 14.4. The lowest BCUT2D eigenvalue weighted by Gasteiger charge is -2.25. The molecule has 0 atom stereocenters. The minimum Gasteiger partial charge on any atom is -0.302 e. The summed E-state index contributed by atoms with van der Waals surface area (Å²) in [6, 6.07) is 6.21. The van der Waals surface area contributed by atoms with Crippen LogP contribution in [0.25, 0.3) is 0 Å². The number of halogens is 1. The number of ketones is 1. The predicted octanol–water partition coefficient (Wildman–Crippen LogP) is 4.01. The molecule has 0 spiro atoms. The van der Waals surface area contributed by atoms with Gasteiger partial charge < -0.3 is 4.90 Å². The molecule has 0 radical (unpaired) electrons. The number of rotatable bonds is 8. The number of carbonyl (C=O) groups is 1. The Balaban J connectivity index is 2.58. The second-order valence-corrected chi connectivity index (χ2v) is 6.20. The first-order chi connectivity index (χ1) is 9.40. The lowest BCUT2D eigenvalue weighted by atomic mass is 10.1. The van der Waals surface area contributed by atoms with E-state index in [-0.39, 0.29) is 11.3 Å². The van der Waals surface area contributed by atoms with Gasteiger partial charge in [0.1, 0.15) is 5.82 Å². The van der Waals surface area contributed by atoms with E-state index >= 15 is 0 Å². The van der Waals surface area contributed by atoms with E-state index in [1.165, 1.54) is 6.07 Å². The quantitative estimate of drug-likeness (QED) is 0.670. The molecular weight excluding hydrogens is 253 g/mol. The molecule has 0 bridgehead atoms. The molecule has 0 saturated carbocycles. The van der Waals surface area contributed by atoms with Crippen LogP contribution in [0.5, 0.6) is 0 Å². The fourth-order valence-corrected chi connectivity index (χ4v) is 2.37. The van der Waals surface area contributed by atoms with Crippen LogP contribution >= 0.6 is 0 Å². The average Bonchev–Trinajstić information content (AvgIpc) is 2.34. The molecule has 0 N–H and O–H groups in total. The molecule has 0 aromatic heterocycles. The zero-order valence-electron chi connectivity index (χ0n) is 13.0. The van der Waals surface area contributed by atoms with Gasteiger partial charge in [0.25, 0.3) is 0 Å². The van der Waals surface area contributed by atoms with Crippen LogP contribution < -0.4 is 0 Å². The van der Waals surface area contributed by atoms with Crippen molar-refractivity contribution in [1.29, 1.82) is 0 Å². The average molecular weight is 279 g/mol. The molecule has 112 valence electrons. The van der Waals surface area contributed by atoms with E-state index in [1.54, 1.807) is 18.2 Å². The molecular formula is C17H26FNO. The molecule has 0 saturated heterocycles. The number of Topliss-reactive ketones (excluding diaryl/α,β-unsaturated/α-hetero) is 1. The highest BCUT2D eigenvalue weighted by atomic mass is 19.1. The Morgan fingerprint density at radius 1 is 1.10 bits per heavy atom. The molecule has 2 nitrogen and oxygen atoms in total. The summed E-state index contributed by atoms with van der Waals surface area (Å²) >= 11 is 0. The van der Waals surface area contributed by atoms with Crippen LogP contribution in [0.4, 0.5) is 4.39 Å². The van der Waals surface area contributed by atoms with E-state index in [1.807, 2.05) is 0 Å². The first-order valence-electron chi connectivity index (χ1n) is 7.40. The van der Waals surface area contributed by atoms with Crippen LogP contribution in [0.2, 0.25) is 0 Å². The SMILES string of the molecule is CC(C)CN(CCC(=O)c1ccccc1F)CC(C)C. The number of hydrogen-bond donors (Lipinski definition) is 0.